The van der Waals surface area contributed by atoms with E-state index in [2.05, 4.69) is 10.6 Å². The first-order valence-electron chi connectivity index (χ1n) is 14.7. The van der Waals surface area contributed by atoms with Gasteiger partial charge in [-0.1, -0.05) is 80.9 Å². The van der Waals surface area contributed by atoms with Crippen LogP contribution in [-0.2, 0) is 39.9 Å². The molecule has 11 heteroatoms. The van der Waals surface area contributed by atoms with Crippen LogP contribution in [0.5, 0.6) is 5.75 Å². The van der Waals surface area contributed by atoms with E-state index in [1.54, 1.807) is 31.2 Å². The van der Waals surface area contributed by atoms with Gasteiger partial charge in [-0.25, -0.2) is 4.79 Å². The Bertz CT molecular complexity index is 1420. The Morgan fingerprint density at radius 1 is 1.07 bits per heavy atom. The van der Waals surface area contributed by atoms with Gasteiger partial charge >= 0.3 is 11.9 Å². The molecule has 0 saturated heterocycles. The van der Waals surface area contributed by atoms with Crippen LogP contribution in [0.1, 0.15) is 44.7 Å². The highest BCUT2D eigenvalue weighted by atomic mass is 35.5. The maximum atomic E-state index is 13.2. The van der Waals surface area contributed by atoms with E-state index < -0.39 is 53.7 Å². The summed E-state index contributed by atoms with van der Waals surface area (Å²) in [7, 11) is 1.48. The fourth-order valence-corrected chi connectivity index (χ4v) is 4.71. The number of carbonyl (C=O) groups excluding carboxylic acids is 5. The second kappa shape index (κ2) is 17.2. The summed E-state index contributed by atoms with van der Waals surface area (Å²) in [6.45, 7) is 5.14. The number of benzene rings is 2. The number of methoxy groups -OCH3 is 1. The highest BCUT2D eigenvalue weighted by Gasteiger charge is 2.32. The minimum absolute atomic E-state index is 0.0427. The highest BCUT2D eigenvalue weighted by Crippen LogP contribution is 2.25. The first kappa shape index (κ1) is 35.0. The summed E-state index contributed by atoms with van der Waals surface area (Å²) < 4.78 is 16.3. The third-order valence-corrected chi connectivity index (χ3v) is 7.21. The summed E-state index contributed by atoms with van der Waals surface area (Å²) in [5.41, 5.74) is 1.43. The van der Waals surface area contributed by atoms with Gasteiger partial charge in [-0.3, -0.25) is 19.2 Å². The summed E-state index contributed by atoms with van der Waals surface area (Å²) in [5, 5.41) is 5.69. The normalized spacial score (nSPS) is 22.7. The van der Waals surface area contributed by atoms with Crippen LogP contribution in [0.25, 0.3) is 6.08 Å². The Labute approximate surface area is 268 Å². The number of carbonyl (C=O) groups is 5. The van der Waals surface area contributed by atoms with Crippen LogP contribution < -0.4 is 15.4 Å². The number of esters is 2. The van der Waals surface area contributed by atoms with Crippen molar-refractivity contribution in [2.45, 2.75) is 58.3 Å². The first-order chi connectivity index (χ1) is 21.5. The predicted molar refractivity (Wildman–Crippen MR) is 169 cm³/mol. The molecule has 10 nitrogen and oxygen atoms in total. The van der Waals surface area contributed by atoms with E-state index in [0.29, 0.717) is 16.3 Å². The van der Waals surface area contributed by atoms with Gasteiger partial charge in [-0.15, -0.1) is 0 Å². The summed E-state index contributed by atoms with van der Waals surface area (Å²) in [6.07, 6.45) is 3.01. The van der Waals surface area contributed by atoms with Crippen molar-refractivity contribution in [1.82, 2.24) is 10.6 Å². The number of hydrogen-bond donors (Lipinski definition) is 2. The molecule has 0 bridgehead atoms. The summed E-state index contributed by atoms with van der Waals surface area (Å²) in [6, 6.07) is 13.1. The van der Waals surface area contributed by atoms with Crippen molar-refractivity contribution in [2.24, 2.45) is 11.8 Å². The molecule has 0 aromatic heterocycles. The third kappa shape index (κ3) is 11.2. The second-order valence-electron chi connectivity index (χ2n) is 11.1. The number of nitrogens with one attached hydrogen (secondary N) is 2. The molecule has 1 heterocycles. The zero-order chi connectivity index (χ0) is 32.9. The lowest BCUT2D eigenvalue weighted by atomic mass is 10.0. The van der Waals surface area contributed by atoms with Gasteiger partial charge in [-0.05, 0) is 47.8 Å². The van der Waals surface area contributed by atoms with Crippen molar-refractivity contribution in [3.63, 3.8) is 0 Å². The van der Waals surface area contributed by atoms with Crippen LogP contribution in [0.15, 0.2) is 66.8 Å². The van der Waals surface area contributed by atoms with Gasteiger partial charge in [0.1, 0.15) is 11.8 Å². The van der Waals surface area contributed by atoms with E-state index in [9.17, 15) is 24.0 Å². The average molecular weight is 639 g/mol. The monoisotopic (exact) mass is 638 g/mol. The fourth-order valence-electron chi connectivity index (χ4n) is 4.43. The number of halogens is 1. The number of amides is 2. The molecule has 1 aliphatic rings. The zero-order valence-electron chi connectivity index (χ0n) is 25.8. The number of hydrogen-bond acceptors (Lipinski definition) is 8. The van der Waals surface area contributed by atoms with Crippen LogP contribution in [0, 0.1) is 11.8 Å². The van der Waals surface area contributed by atoms with Crippen molar-refractivity contribution in [3.8, 4) is 5.75 Å². The zero-order valence-corrected chi connectivity index (χ0v) is 26.5. The molecule has 2 N–H and O–H groups in total. The molecule has 2 aromatic carbocycles. The number of rotatable bonds is 8. The van der Waals surface area contributed by atoms with Gasteiger partial charge in [0.25, 0.3) is 0 Å². The second-order valence-corrected chi connectivity index (χ2v) is 11.6. The molecule has 0 saturated carbocycles. The third-order valence-electron chi connectivity index (χ3n) is 6.92. The lowest BCUT2D eigenvalue weighted by molar-refractivity contribution is -0.175. The molecule has 45 heavy (non-hydrogen) atoms. The van der Waals surface area contributed by atoms with Crippen LogP contribution in [0.3, 0.4) is 0 Å². The van der Waals surface area contributed by atoms with Crippen LogP contribution in [0.4, 0.5) is 0 Å². The minimum Gasteiger partial charge on any atom is -0.495 e. The van der Waals surface area contributed by atoms with E-state index in [4.69, 9.17) is 25.8 Å². The highest BCUT2D eigenvalue weighted by molar-refractivity contribution is 6.32. The van der Waals surface area contributed by atoms with Crippen molar-refractivity contribution in [3.05, 3.63) is 82.9 Å². The van der Waals surface area contributed by atoms with E-state index in [-0.39, 0.29) is 31.7 Å². The molecule has 2 amide bonds. The number of ether oxygens (including phenoxy) is 3. The number of cyclic esters (lactones) is 2. The SMILES string of the molecule is COc1ccc(C[C@H]2NC(=O)/C=C/C[C@@H](C(=O)/C=C/c3ccccc3)OC(=O)[C@H](CC(C)C)OC(=O)[C@H](C)CNC2=O)cc1Cl. The van der Waals surface area contributed by atoms with E-state index in [1.807, 2.05) is 44.2 Å². The maximum Gasteiger partial charge on any atom is 0.348 e. The molecule has 0 aliphatic carbocycles. The first-order valence-corrected chi connectivity index (χ1v) is 15.1. The molecule has 3 rings (SSSR count). The van der Waals surface area contributed by atoms with Crippen LogP contribution in [0.2, 0.25) is 5.02 Å². The average Bonchev–Trinajstić information content (AvgIpc) is 3.01. The molecule has 4 atom stereocenters. The van der Waals surface area contributed by atoms with Crippen LogP contribution in [-0.4, -0.2) is 61.4 Å². The van der Waals surface area contributed by atoms with Gasteiger partial charge in [0.15, 0.2) is 18.0 Å². The molecule has 0 fully saturated rings. The smallest absolute Gasteiger partial charge is 0.348 e. The molecule has 2 aromatic rings. The predicted octanol–water partition coefficient (Wildman–Crippen LogP) is 4.24. The molecular formula is C34H39ClN2O8. The summed E-state index contributed by atoms with van der Waals surface area (Å²) >= 11 is 6.26. The molecular weight excluding hydrogens is 600 g/mol. The van der Waals surface area contributed by atoms with Gasteiger partial charge in [0, 0.05) is 19.4 Å². The Hall–Kier alpha value is -4.44. The Morgan fingerprint density at radius 2 is 1.80 bits per heavy atom. The van der Waals surface area contributed by atoms with Crippen molar-refractivity contribution < 1.29 is 38.2 Å². The lowest BCUT2D eigenvalue weighted by Gasteiger charge is -2.24. The van der Waals surface area contributed by atoms with E-state index >= 15 is 0 Å². The Balaban J connectivity index is 1.90. The summed E-state index contributed by atoms with van der Waals surface area (Å²) in [4.78, 5) is 65.5. The van der Waals surface area contributed by atoms with Crippen molar-refractivity contribution in [1.29, 1.82) is 0 Å². The molecule has 0 spiro atoms. The quantitative estimate of drug-likeness (QED) is 0.324. The van der Waals surface area contributed by atoms with Gasteiger partial charge in [0.2, 0.25) is 11.8 Å². The lowest BCUT2D eigenvalue weighted by Crippen LogP contribution is -2.49. The standard InChI is InChI=1S/C34H39ClN2O8/c1-21(2)17-30-34(42)44-29(27(38)15-13-23-9-6-5-7-10-23)11-8-12-31(39)37-26(32(40)36-20-22(3)33(41)45-30)19-24-14-16-28(43-4)25(35)18-24/h5-10,12-16,18,21-22,26,29-30H,11,17,19-20H2,1-4H3,(H,36,40)(H,37,39)/b12-8+,15-13+/t22-,26-,29+,30+/m1/s1. The van der Waals surface area contributed by atoms with Gasteiger partial charge in [0.05, 0.1) is 18.1 Å². The largest absolute Gasteiger partial charge is 0.495 e. The van der Waals surface area contributed by atoms with E-state index in [0.717, 1.165) is 5.56 Å². The van der Waals surface area contributed by atoms with Crippen LogP contribution >= 0.6 is 11.6 Å². The topological polar surface area (TPSA) is 137 Å². The Morgan fingerprint density at radius 3 is 2.47 bits per heavy atom. The fraction of sp³-hybridized carbons (Fsp3) is 0.382. The molecule has 240 valence electrons. The minimum atomic E-state index is -1.29. The molecule has 1 aliphatic heterocycles. The maximum absolute atomic E-state index is 13.2. The molecule has 0 radical (unpaired) electrons. The van der Waals surface area contributed by atoms with Gasteiger partial charge < -0.3 is 24.8 Å². The van der Waals surface area contributed by atoms with Gasteiger partial charge in [-0.2, -0.15) is 0 Å². The Kier molecular flexibility index (Phi) is 13.4. The van der Waals surface area contributed by atoms with Crippen molar-refractivity contribution in [2.75, 3.05) is 13.7 Å². The van der Waals surface area contributed by atoms with E-state index in [1.165, 1.54) is 25.3 Å². The molecule has 0 unspecified atom stereocenters. The van der Waals surface area contributed by atoms with Crippen molar-refractivity contribution >= 4 is 47.2 Å². The number of ketones is 1. The summed E-state index contributed by atoms with van der Waals surface area (Å²) in [5.74, 6) is -3.67.